The number of allylic oxidation sites excluding steroid dienone is 2. The van der Waals surface area contributed by atoms with Crippen molar-refractivity contribution in [2.45, 2.75) is 59.0 Å². The van der Waals surface area contributed by atoms with E-state index in [-0.39, 0.29) is 0 Å². The molecule has 70 valence electrons. The maximum Gasteiger partial charge on any atom is 0.133 e. The van der Waals surface area contributed by atoms with E-state index in [1.165, 1.54) is 38.4 Å². The van der Waals surface area contributed by atoms with E-state index in [4.69, 9.17) is 0 Å². The van der Waals surface area contributed by atoms with Gasteiger partial charge in [0.25, 0.3) is 0 Å². The van der Waals surface area contributed by atoms with Crippen molar-refractivity contribution < 1.29 is 0 Å². The van der Waals surface area contributed by atoms with E-state index in [1.807, 2.05) is 0 Å². The average Bonchev–Trinajstić information content (AvgIpc) is 2.02. The quantitative estimate of drug-likeness (QED) is 0.301. The van der Waals surface area contributed by atoms with Crippen molar-refractivity contribution in [2.75, 3.05) is 0 Å². The molecule has 0 nitrogen and oxygen atoms in total. The van der Waals surface area contributed by atoms with E-state index in [2.05, 4.69) is 32.7 Å². The molecular weight excluding hydrogens is 143 g/mol. The minimum atomic E-state index is 0.889. The lowest BCUT2D eigenvalue weighted by molar-refractivity contribution is 0.672. The largest absolute Gasteiger partial charge is 0.133 e. The maximum atomic E-state index is 2.31. The van der Waals surface area contributed by atoms with Gasteiger partial charge in [0.05, 0.1) is 0 Å². The third-order valence-electron chi connectivity index (χ3n) is 2.14. The van der Waals surface area contributed by atoms with Crippen LogP contribution in [0.2, 0.25) is 20.0 Å². The zero-order valence-electron chi connectivity index (χ0n) is 8.97. The van der Waals surface area contributed by atoms with Crippen LogP contribution in [0.1, 0.15) is 39.0 Å². The van der Waals surface area contributed by atoms with E-state index in [1.54, 1.807) is 0 Å². The van der Waals surface area contributed by atoms with Crippen LogP contribution in [0.25, 0.3) is 0 Å². The molecule has 0 fully saturated rings. The monoisotopic (exact) mass is 166 g/mol. The van der Waals surface area contributed by atoms with E-state index in [9.17, 15) is 0 Å². The van der Waals surface area contributed by atoms with Crippen LogP contribution in [0.4, 0.5) is 0 Å². The molecule has 0 aliphatic carbocycles. The summed E-state index contributed by atoms with van der Waals surface area (Å²) in [5.41, 5.74) is 0. The summed E-state index contributed by atoms with van der Waals surface area (Å²) in [6, 6.07) is 0. The Hall–Kier alpha value is -0.195. The van der Waals surface area contributed by atoms with Crippen LogP contribution < -0.4 is 0 Å². The van der Waals surface area contributed by atoms with Gasteiger partial charge in [-0.2, -0.15) is 0 Å². The summed E-state index contributed by atoms with van der Waals surface area (Å²) in [5, 5.41) is 0. The summed E-state index contributed by atoms with van der Waals surface area (Å²) in [4.78, 5) is 0. The van der Waals surface area contributed by atoms with Gasteiger partial charge in [0.1, 0.15) is 6.71 Å². The molecule has 0 rings (SSSR count). The third kappa shape index (κ3) is 9.80. The molecule has 0 aliphatic rings. The van der Waals surface area contributed by atoms with E-state index >= 15 is 0 Å². The first-order chi connectivity index (χ1) is 5.77. The van der Waals surface area contributed by atoms with Crippen molar-refractivity contribution in [3.05, 3.63) is 12.2 Å². The predicted molar refractivity (Wildman–Crippen MR) is 60.2 cm³/mol. The summed E-state index contributed by atoms with van der Waals surface area (Å²) in [7, 11) is 0. The Labute approximate surface area is 78.5 Å². The molecule has 0 heterocycles. The molecule has 0 aromatic carbocycles. The Morgan fingerprint density at radius 1 is 1.00 bits per heavy atom. The molecule has 0 radical (unpaired) electrons. The van der Waals surface area contributed by atoms with E-state index < -0.39 is 0 Å². The maximum absolute atomic E-state index is 2.31. The van der Waals surface area contributed by atoms with Crippen LogP contribution in [-0.2, 0) is 0 Å². The minimum Gasteiger partial charge on any atom is -0.0917 e. The van der Waals surface area contributed by atoms with Crippen LogP contribution in [0.3, 0.4) is 0 Å². The SMILES string of the molecule is C/C=C/CCCCCCB(C)C. The Balaban J connectivity index is 2.91. The lowest BCUT2D eigenvalue weighted by atomic mass is 9.51. The van der Waals surface area contributed by atoms with Gasteiger partial charge in [0, 0.05) is 0 Å². The molecule has 0 bridgehead atoms. The number of rotatable bonds is 7. The average molecular weight is 166 g/mol. The van der Waals surface area contributed by atoms with Crippen LogP contribution in [0.15, 0.2) is 12.2 Å². The number of hydrogen-bond donors (Lipinski definition) is 0. The first kappa shape index (κ1) is 11.8. The smallest absolute Gasteiger partial charge is 0.0917 e. The van der Waals surface area contributed by atoms with Gasteiger partial charge in [0.2, 0.25) is 0 Å². The molecule has 0 aliphatic heterocycles. The highest BCUT2D eigenvalue weighted by Crippen LogP contribution is 2.07. The van der Waals surface area contributed by atoms with Gasteiger partial charge in [-0.1, -0.05) is 51.4 Å². The summed E-state index contributed by atoms with van der Waals surface area (Å²) in [6.45, 7) is 7.60. The molecule has 0 amide bonds. The third-order valence-corrected chi connectivity index (χ3v) is 2.14. The van der Waals surface area contributed by atoms with Gasteiger partial charge in [-0.15, -0.1) is 0 Å². The van der Waals surface area contributed by atoms with Crippen molar-refractivity contribution in [2.24, 2.45) is 0 Å². The van der Waals surface area contributed by atoms with E-state index in [0.29, 0.717) is 0 Å². The Bertz CT molecular complexity index is 106. The van der Waals surface area contributed by atoms with Gasteiger partial charge in [-0.25, -0.2) is 0 Å². The number of unbranched alkanes of at least 4 members (excludes halogenated alkanes) is 4. The lowest BCUT2D eigenvalue weighted by Gasteiger charge is -2.00. The summed E-state index contributed by atoms with van der Waals surface area (Å²) in [6.07, 6.45) is 12.7. The van der Waals surface area contributed by atoms with E-state index in [0.717, 1.165) is 6.71 Å². The Morgan fingerprint density at radius 2 is 1.67 bits per heavy atom. The van der Waals surface area contributed by atoms with Crippen LogP contribution >= 0.6 is 0 Å². The molecule has 0 N–H and O–H groups in total. The molecule has 0 unspecified atom stereocenters. The van der Waals surface area contributed by atoms with Crippen LogP contribution in [-0.4, -0.2) is 6.71 Å². The Morgan fingerprint density at radius 3 is 2.25 bits per heavy atom. The zero-order chi connectivity index (χ0) is 9.23. The first-order valence-corrected chi connectivity index (χ1v) is 5.38. The van der Waals surface area contributed by atoms with Gasteiger partial charge in [-0.05, 0) is 19.8 Å². The molecule has 0 saturated carbocycles. The predicted octanol–water partition coefficient (Wildman–Crippen LogP) is 4.27. The van der Waals surface area contributed by atoms with Gasteiger partial charge in [-0.3, -0.25) is 0 Å². The minimum absolute atomic E-state index is 0.889. The molecule has 0 atom stereocenters. The second kappa shape index (κ2) is 8.90. The van der Waals surface area contributed by atoms with Crippen molar-refractivity contribution in [3.63, 3.8) is 0 Å². The second-order valence-corrected chi connectivity index (χ2v) is 3.95. The molecule has 0 aromatic heterocycles. The normalized spacial score (nSPS) is 10.9. The molecule has 1 heteroatoms. The van der Waals surface area contributed by atoms with Crippen molar-refractivity contribution in [3.8, 4) is 0 Å². The van der Waals surface area contributed by atoms with Gasteiger partial charge < -0.3 is 0 Å². The summed E-state index contributed by atoms with van der Waals surface area (Å²) >= 11 is 0. The molecular formula is C11H23B. The van der Waals surface area contributed by atoms with Crippen molar-refractivity contribution in [1.29, 1.82) is 0 Å². The second-order valence-electron chi connectivity index (χ2n) is 3.95. The fraction of sp³-hybridized carbons (Fsp3) is 0.818. The fourth-order valence-corrected chi connectivity index (χ4v) is 1.33. The summed E-state index contributed by atoms with van der Waals surface area (Å²) < 4.78 is 0. The molecule has 0 spiro atoms. The Kier molecular flexibility index (Phi) is 8.75. The van der Waals surface area contributed by atoms with Crippen molar-refractivity contribution >= 4 is 6.71 Å². The topological polar surface area (TPSA) is 0 Å². The molecule has 0 aromatic rings. The highest BCUT2D eigenvalue weighted by atomic mass is 13.9. The number of hydrogen-bond acceptors (Lipinski definition) is 0. The fourth-order valence-electron chi connectivity index (χ4n) is 1.33. The zero-order valence-corrected chi connectivity index (χ0v) is 8.97. The lowest BCUT2D eigenvalue weighted by Crippen LogP contribution is -1.97. The standard InChI is InChI=1S/C11H23B/c1-4-5-6-7-8-9-10-11-12(2)3/h4-5H,6-11H2,1-3H3/b5-4+. The highest BCUT2D eigenvalue weighted by molar-refractivity contribution is 6.55. The summed E-state index contributed by atoms with van der Waals surface area (Å²) in [5.74, 6) is 0. The highest BCUT2D eigenvalue weighted by Gasteiger charge is 1.96. The van der Waals surface area contributed by atoms with Crippen LogP contribution in [0, 0.1) is 0 Å². The van der Waals surface area contributed by atoms with Crippen LogP contribution in [0.5, 0.6) is 0 Å². The molecule has 12 heavy (non-hydrogen) atoms. The first-order valence-electron chi connectivity index (χ1n) is 5.38. The van der Waals surface area contributed by atoms with Gasteiger partial charge >= 0.3 is 0 Å². The van der Waals surface area contributed by atoms with Crippen molar-refractivity contribution in [1.82, 2.24) is 0 Å². The molecule has 0 saturated heterocycles. The van der Waals surface area contributed by atoms with Gasteiger partial charge in [0.15, 0.2) is 0 Å².